The largest absolute Gasteiger partial charge is 0.323 e. The van der Waals surface area contributed by atoms with E-state index < -0.39 is 0 Å². The van der Waals surface area contributed by atoms with Crippen molar-refractivity contribution in [3.8, 4) is 0 Å². The molecule has 0 saturated carbocycles. The SMILES string of the molecule is CC(C)c1ccc(C(N)CS)cc1. The number of benzene rings is 1. The summed E-state index contributed by atoms with van der Waals surface area (Å²) in [5.74, 6) is 1.28. The minimum Gasteiger partial charge on any atom is -0.323 e. The highest BCUT2D eigenvalue weighted by Crippen LogP contribution is 2.17. The lowest BCUT2D eigenvalue weighted by atomic mass is 10.00. The summed E-state index contributed by atoms with van der Waals surface area (Å²) in [7, 11) is 0. The molecule has 0 saturated heterocycles. The molecule has 0 spiro atoms. The third kappa shape index (κ3) is 2.75. The number of rotatable bonds is 3. The summed E-state index contributed by atoms with van der Waals surface area (Å²) in [6.07, 6.45) is 0. The molecule has 1 aromatic carbocycles. The van der Waals surface area contributed by atoms with Crippen molar-refractivity contribution in [1.82, 2.24) is 0 Å². The highest BCUT2D eigenvalue weighted by atomic mass is 32.1. The van der Waals surface area contributed by atoms with Crippen molar-refractivity contribution >= 4 is 12.6 Å². The van der Waals surface area contributed by atoms with Crippen LogP contribution in [0.3, 0.4) is 0 Å². The molecule has 0 radical (unpaired) electrons. The fourth-order valence-electron chi connectivity index (χ4n) is 1.23. The van der Waals surface area contributed by atoms with Crippen molar-refractivity contribution in [3.63, 3.8) is 0 Å². The van der Waals surface area contributed by atoms with Gasteiger partial charge in [0.2, 0.25) is 0 Å². The molecule has 0 heterocycles. The molecule has 0 bridgehead atoms. The Morgan fingerprint density at radius 3 is 2.00 bits per heavy atom. The van der Waals surface area contributed by atoms with Gasteiger partial charge in [-0.05, 0) is 17.0 Å². The summed E-state index contributed by atoms with van der Waals surface area (Å²) in [4.78, 5) is 0. The average molecular weight is 195 g/mol. The van der Waals surface area contributed by atoms with E-state index in [1.807, 2.05) is 0 Å². The Hall–Kier alpha value is -0.470. The quantitative estimate of drug-likeness (QED) is 0.713. The van der Waals surface area contributed by atoms with Gasteiger partial charge < -0.3 is 5.73 Å². The lowest BCUT2D eigenvalue weighted by Gasteiger charge is -2.10. The van der Waals surface area contributed by atoms with Crippen molar-refractivity contribution in [2.45, 2.75) is 25.8 Å². The molecule has 1 unspecified atom stereocenters. The number of thiol groups is 1. The smallest absolute Gasteiger partial charge is 0.0384 e. The standard InChI is InChI=1S/C11H17NS/c1-8(2)9-3-5-10(6-4-9)11(12)7-13/h3-6,8,11,13H,7,12H2,1-2H3. The molecule has 0 aromatic heterocycles. The van der Waals surface area contributed by atoms with Crippen LogP contribution in [-0.4, -0.2) is 5.75 Å². The Morgan fingerprint density at radius 1 is 1.15 bits per heavy atom. The van der Waals surface area contributed by atoms with E-state index in [1.54, 1.807) is 0 Å². The van der Waals surface area contributed by atoms with Crippen LogP contribution < -0.4 is 5.73 Å². The highest BCUT2D eigenvalue weighted by molar-refractivity contribution is 7.80. The Morgan fingerprint density at radius 2 is 1.62 bits per heavy atom. The third-order valence-corrected chi connectivity index (χ3v) is 2.62. The van der Waals surface area contributed by atoms with Crippen LogP contribution in [0.15, 0.2) is 24.3 Å². The molecular weight excluding hydrogens is 178 g/mol. The molecule has 1 atom stereocenters. The van der Waals surface area contributed by atoms with E-state index in [1.165, 1.54) is 11.1 Å². The van der Waals surface area contributed by atoms with Crippen molar-refractivity contribution < 1.29 is 0 Å². The lowest BCUT2D eigenvalue weighted by molar-refractivity contribution is 0.824. The molecule has 0 aliphatic rings. The molecule has 2 N–H and O–H groups in total. The Bertz CT molecular complexity index is 253. The predicted octanol–water partition coefficient (Wildman–Crippen LogP) is 2.74. The summed E-state index contributed by atoms with van der Waals surface area (Å²) in [5.41, 5.74) is 8.37. The molecule has 13 heavy (non-hydrogen) atoms. The molecule has 0 amide bonds. The third-order valence-electron chi connectivity index (χ3n) is 2.23. The Kier molecular flexibility index (Phi) is 3.82. The first-order valence-corrected chi connectivity index (χ1v) is 5.24. The second-order valence-electron chi connectivity index (χ2n) is 3.61. The number of hydrogen-bond acceptors (Lipinski definition) is 2. The maximum atomic E-state index is 5.84. The van der Waals surface area contributed by atoms with Gasteiger partial charge in [-0.15, -0.1) is 0 Å². The zero-order valence-corrected chi connectivity index (χ0v) is 9.09. The topological polar surface area (TPSA) is 26.0 Å². The summed E-state index contributed by atoms with van der Waals surface area (Å²) < 4.78 is 0. The van der Waals surface area contributed by atoms with Gasteiger partial charge in [0.05, 0.1) is 0 Å². The first-order chi connectivity index (χ1) is 6.15. The van der Waals surface area contributed by atoms with Crippen LogP contribution in [0.25, 0.3) is 0 Å². The molecular formula is C11H17NS. The van der Waals surface area contributed by atoms with E-state index in [4.69, 9.17) is 5.73 Å². The molecule has 1 rings (SSSR count). The van der Waals surface area contributed by atoms with Crippen molar-refractivity contribution in [3.05, 3.63) is 35.4 Å². The minimum absolute atomic E-state index is 0.0598. The van der Waals surface area contributed by atoms with Crippen LogP contribution in [0.5, 0.6) is 0 Å². The van der Waals surface area contributed by atoms with Crippen LogP contribution in [0.4, 0.5) is 0 Å². The van der Waals surface area contributed by atoms with Crippen molar-refractivity contribution in [2.75, 3.05) is 5.75 Å². The molecule has 0 fully saturated rings. The van der Waals surface area contributed by atoms with Gasteiger partial charge in [-0.1, -0.05) is 38.1 Å². The van der Waals surface area contributed by atoms with Crippen molar-refractivity contribution in [1.29, 1.82) is 0 Å². The zero-order valence-electron chi connectivity index (χ0n) is 8.20. The van der Waals surface area contributed by atoms with Gasteiger partial charge in [0.25, 0.3) is 0 Å². The number of nitrogens with two attached hydrogens (primary N) is 1. The Labute approximate surface area is 85.8 Å². The average Bonchev–Trinajstić information content (AvgIpc) is 2.17. The van der Waals surface area contributed by atoms with Crippen LogP contribution in [0, 0.1) is 0 Å². The van der Waals surface area contributed by atoms with Crippen LogP contribution in [0.2, 0.25) is 0 Å². The predicted molar refractivity (Wildman–Crippen MR) is 61.3 cm³/mol. The van der Waals surface area contributed by atoms with E-state index >= 15 is 0 Å². The maximum absolute atomic E-state index is 5.84. The first kappa shape index (κ1) is 10.6. The van der Waals surface area contributed by atoms with Gasteiger partial charge in [0.15, 0.2) is 0 Å². The van der Waals surface area contributed by atoms with Crippen LogP contribution in [0.1, 0.15) is 36.9 Å². The van der Waals surface area contributed by atoms with E-state index in [0.717, 1.165) is 0 Å². The van der Waals surface area contributed by atoms with Gasteiger partial charge in [-0.3, -0.25) is 0 Å². The van der Waals surface area contributed by atoms with Crippen molar-refractivity contribution in [2.24, 2.45) is 5.73 Å². The van der Waals surface area contributed by atoms with Gasteiger partial charge >= 0.3 is 0 Å². The zero-order chi connectivity index (χ0) is 9.84. The molecule has 0 aliphatic heterocycles. The fraction of sp³-hybridized carbons (Fsp3) is 0.455. The highest BCUT2D eigenvalue weighted by Gasteiger charge is 2.04. The van der Waals surface area contributed by atoms with Crippen LogP contribution in [-0.2, 0) is 0 Å². The van der Waals surface area contributed by atoms with E-state index in [9.17, 15) is 0 Å². The molecule has 1 nitrogen and oxygen atoms in total. The van der Waals surface area contributed by atoms with E-state index in [0.29, 0.717) is 11.7 Å². The first-order valence-electron chi connectivity index (χ1n) is 4.61. The summed E-state index contributed by atoms with van der Waals surface area (Å²) in [6.45, 7) is 4.38. The Balaban J connectivity index is 2.81. The maximum Gasteiger partial charge on any atom is 0.0384 e. The summed E-state index contributed by atoms with van der Waals surface area (Å²) >= 11 is 4.17. The molecule has 2 heteroatoms. The minimum atomic E-state index is 0.0598. The molecule has 72 valence electrons. The lowest BCUT2D eigenvalue weighted by Crippen LogP contribution is -2.11. The fourth-order valence-corrected chi connectivity index (χ4v) is 1.44. The second-order valence-corrected chi connectivity index (χ2v) is 3.98. The summed E-state index contributed by atoms with van der Waals surface area (Å²) in [6, 6.07) is 8.53. The normalized spacial score (nSPS) is 13.3. The molecule has 1 aromatic rings. The number of hydrogen-bond donors (Lipinski definition) is 2. The van der Waals surface area contributed by atoms with Gasteiger partial charge in [-0.2, -0.15) is 12.6 Å². The monoisotopic (exact) mass is 195 g/mol. The van der Waals surface area contributed by atoms with E-state index in [-0.39, 0.29) is 6.04 Å². The summed E-state index contributed by atoms with van der Waals surface area (Å²) in [5, 5.41) is 0. The van der Waals surface area contributed by atoms with Gasteiger partial charge in [-0.25, -0.2) is 0 Å². The van der Waals surface area contributed by atoms with E-state index in [2.05, 4.69) is 50.7 Å². The van der Waals surface area contributed by atoms with Crippen LogP contribution >= 0.6 is 12.6 Å². The van der Waals surface area contributed by atoms with Gasteiger partial charge in [0, 0.05) is 11.8 Å². The molecule has 0 aliphatic carbocycles. The van der Waals surface area contributed by atoms with Gasteiger partial charge in [0.1, 0.15) is 0 Å². The second kappa shape index (κ2) is 4.68.